The van der Waals surface area contributed by atoms with Gasteiger partial charge < -0.3 is 10.3 Å². The van der Waals surface area contributed by atoms with Crippen LogP contribution in [0.1, 0.15) is 27.5 Å². The summed E-state index contributed by atoms with van der Waals surface area (Å²) in [4.78, 5) is 16.7. The Morgan fingerprint density at radius 2 is 1.72 bits per heavy atom. The smallest absolute Gasteiger partial charge is 0.204 e. The molecule has 3 aromatic carbocycles. The van der Waals surface area contributed by atoms with Gasteiger partial charge in [0.1, 0.15) is 0 Å². The molecule has 0 saturated carbocycles. The first-order valence-corrected chi connectivity index (χ1v) is 10.5. The average molecular weight is 422 g/mol. The molecule has 7 nitrogen and oxygen atoms in total. The normalized spacial score (nSPS) is 12.1. The molecule has 0 aliphatic heterocycles. The van der Waals surface area contributed by atoms with Crippen LogP contribution in [-0.2, 0) is 6.42 Å². The van der Waals surface area contributed by atoms with E-state index >= 15 is 0 Å². The number of carbonyl (C=O) groups excluding carboxylic acids is 1. The lowest BCUT2D eigenvalue weighted by Crippen LogP contribution is -2.30. The third kappa shape index (κ3) is 4.06. The largest absolute Gasteiger partial charge is 0.360 e. The number of fused-ring (bicyclic) bond motifs is 1. The molecule has 0 aliphatic rings. The Morgan fingerprint density at radius 3 is 2.50 bits per heavy atom. The van der Waals surface area contributed by atoms with Crippen LogP contribution in [0.5, 0.6) is 0 Å². The van der Waals surface area contributed by atoms with E-state index in [1.165, 1.54) is 0 Å². The number of ketones is 1. The number of aromatic amines is 2. The van der Waals surface area contributed by atoms with Crippen LogP contribution in [0.2, 0.25) is 0 Å². The van der Waals surface area contributed by atoms with Crippen molar-refractivity contribution in [3.8, 4) is 11.4 Å². The van der Waals surface area contributed by atoms with Crippen LogP contribution in [0, 0.1) is 0 Å². The van der Waals surface area contributed by atoms with Gasteiger partial charge in [-0.1, -0.05) is 72.8 Å². The van der Waals surface area contributed by atoms with Crippen molar-refractivity contribution < 1.29 is 4.79 Å². The van der Waals surface area contributed by atoms with E-state index < -0.39 is 6.04 Å². The van der Waals surface area contributed by atoms with Crippen molar-refractivity contribution in [2.75, 3.05) is 6.54 Å². The van der Waals surface area contributed by atoms with Gasteiger partial charge in [-0.2, -0.15) is 5.21 Å². The Kier molecular flexibility index (Phi) is 5.55. The van der Waals surface area contributed by atoms with Crippen molar-refractivity contribution in [3.63, 3.8) is 0 Å². The average Bonchev–Trinajstić information content (AvgIpc) is 3.53. The molecule has 3 N–H and O–H groups in total. The van der Waals surface area contributed by atoms with E-state index in [4.69, 9.17) is 0 Å². The van der Waals surface area contributed by atoms with E-state index in [1.807, 2.05) is 78.9 Å². The molecule has 7 heteroatoms. The summed E-state index contributed by atoms with van der Waals surface area (Å²) >= 11 is 0. The number of aromatic nitrogens is 5. The number of Topliss-reactive ketones (excluding diaryl/α,β-unsaturated/α-hetero) is 1. The zero-order chi connectivity index (χ0) is 21.8. The highest BCUT2D eigenvalue weighted by atomic mass is 16.1. The second kappa shape index (κ2) is 8.95. The fraction of sp³-hybridized carbons (Fsp3) is 0.120. The van der Waals surface area contributed by atoms with Gasteiger partial charge in [0, 0.05) is 34.8 Å². The standard InChI is InChI=1S/C25H22N6O/c32-24(21-16-27-22-9-5-4-8-20(21)22)23(18-6-2-1-3-7-18)26-15-14-17-10-12-19(13-11-17)25-28-30-31-29-25/h1-13,16,23,26-27H,14-15H2,(H,28,29,30,31)/t23-/m0/s1. The molecule has 158 valence electrons. The SMILES string of the molecule is O=C(c1c[nH]c2ccccc12)[C@@H](NCCc1ccc(-c2nn[nH]n2)cc1)c1ccccc1. The second-order valence-electron chi connectivity index (χ2n) is 7.59. The van der Waals surface area contributed by atoms with Gasteiger partial charge in [0.2, 0.25) is 5.82 Å². The van der Waals surface area contributed by atoms with E-state index in [-0.39, 0.29) is 5.78 Å². The molecule has 0 saturated heterocycles. The maximum absolute atomic E-state index is 13.5. The van der Waals surface area contributed by atoms with Gasteiger partial charge in [0.15, 0.2) is 5.78 Å². The van der Waals surface area contributed by atoms with Gasteiger partial charge in [-0.3, -0.25) is 4.79 Å². The van der Waals surface area contributed by atoms with Crippen LogP contribution < -0.4 is 5.32 Å². The first kappa shape index (κ1) is 19.8. The first-order chi connectivity index (χ1) is 15.8. The number of hydrogen-bond acceptors (Lipinski definition) is 5. The maximum atomic E-state index is 13.5. The van der Waals surface area contributed by atoms with Gasteiger partial charge in [-0.15, -0.1) is 10.2 Å². The number of H-pyrrole nitrogens is 2. The highest BCUT2D eigenvalue weighted by Crippen LogP contribution is 2.25. The van der Waals surface area contributed by atoms with Gasteiger partial charge in [0.05, 0.1) is 6.04 Å². The zero-order valence-electron chi connectivity index (χ0n) is 17.3. The minimum absolute atomic E-state index is 0.0566. The molecule has 0 fully saturated rings. The Labute approximate surface area is 184 Å². The van der Waals surface area contributed by atoms with Crippen molar-refractivity contribution >= 4 is 16.7 Å². The Bertz CT molecular complexity index is 1310. The van der Waals surface area contributed by atoms with E-state index in [0.717, 1.165) is 34.0 Å². The summed E-state index contributed by atoms with van der Waals surface area (Å²) in [7, 11) is 0. The van der Waals surface area contributed by atoms with Crippen LogP contribution in [0.3, 0.4) is 0 Å². The second-order valence-corrected chi connectivity index (χ2v) is 7.59. The van der Waals surface area contributed by atoms with E-state index in [0.29, 0.717) is 17.9 Å². The monoisotopic (exact) mass is 422 g/mol. The third-order valence-electron chi connectivity index (χ3n) is 5.57. The maximum Gasteiger partial charge on any atom is 0.204 e. The quantitative estimate of drug-likeness (QED) is 0.327. The lowest BCUT2D eigenvalue weighted by molar-refractivity contribution is 0.0945. The minimum Gasteiger partial charge on any atom is -0.360 e. The Balaban J connectivity index is 1.32. The van der Waals surface area contributed by atoms with Gasteiger partial charge in [0.25, 0.3) is 0 Å². The minimum atomic E-state index is -0.422. The summed E-state index contributed by atoms with van der Waals surface area (Å²) in [6.45, 7) is 0.662. The number of hydrogen-bond donors (Lipinski definition) is 3. The highest BCUT2D eigenvalue weighted by molar-refractivity contribution is 6.10. The summed E-state index contributed by atoms with van der Waals surface area (Å²) in [5.41, 5.74) is 4.69. The summed E-state index contributed by atoms with van der Waals surface area (Å²) in [6, 6.07) is 25.4. The molecule has 0 amide bonds. The van der Waals surface area contributed by atoms with Crippen LogP contribution >= 0.6 is 0 Å². The fourth-order valence-corrected chi connectivity index (χ4v) is 3.90. The van der Waals surface area contributed by atoms with Gasteiger partial charge in [-0.25, -0.2) is 0 Å². The summed E-state index contributed by atoms with van der Waals surface area (Å²) < 4.78 is 0. The summed E-state index contributed by atoms with van der Waals surface area (Å²) in [6.07, 6.45) is 2.60. The number of carbonyl (C=O) groups is 1. The number of tetrazole rings is 1. The number of nitrogens with zero attached hydrogens (tertiary/aromatic N) is 3. The number of nitrogens with one attached hydrogen (secondary N) is 3. The fourth-order valence-electron chi connectivity index (χ4n) is 3.90. The first-order valence-electron chi connectivity index (χ1n) is 10.5. The molecule has 32 heavy (non-hydrogen) atoms. The molecule has 2 heterocycles. The van der Waals surface area contributed by atoms with Crippen LogP contribution in [0.15, 0.2) is 85.1 Å². The molecule has 0 radical (unpaired) electrons. The van der Waals surface area contributed by atoms with Crippen molar-refractivity contribution in [2.45, 2.75) is 12.5 Å². The van der Waals surface area contributed by atoms with Crippen LogP contribution in [-0.4, -0.2) is 37.9 Å². The molecule has 2 aromatic heterocycles. The molecular formula is C25H22N6O. The van der Waals surface area contributed by atoms with E-state index in [1.54, 1.807) is 6.20 Å². The van der Waals surface area contributed by atoms with Crippen molar-refractivity contribution in [1.82, 2.24) is 30.9 Å². The molecule has 0 bridgehead atoms. The lowest BCUT2D eigenvalue weighted by atomic mass is 9.96. The van der Waals surface area contributed by atoms with Crippen LogP contribution in [0.4, 0.5) is 0 Å². The summed E-state index contributed by atoms with van der Waals surface area (Å²) in [5.74, 6) is 0.629. The predicted molar refractivity (Wildman–Crippen MR) is 123 cm³/mol. The predicted octanol–water partition coefficient (Wildman–Crippen LogP) is 4.10. The zero-order valence-corrected chi connectivity index (χ0v) is 17.3. The van der Waals surface area contributed by atoms with Crippen molar-refractivity contribution in [2.24, 2.45) is 0 Å². The topological polar surface area (TPSA) is 99.4 Å². The number of rotatable bonds is 8. The molecule has 5 rings (SSSR count). The highest BCUT2D eigenvalue weighted by Gasteiger charge is 2.23. The van der Waals surface area contributed by atoms with Crippen molar-refractivity contribution in [1.29, 1.82) is 0 Å². The lowest BCUT2D eigenvalue weighted by Gasteiger charge is -2.18. The van der Waals surface area contributed by atoms with E-state index in [9.17, 15) is 4.79 Å². The Morgan fingerprint density at radius 1 is 0.938 bits per heavy atom. The molecule has 0 unspecified atom stereocenters. The molecular weight excluding hydrogens is 400 g/mol. The number of para-hydroxylation sites is 1. The Hall–Kier alpha value is -4.10. The number of benzene rings is 3. The van der Waals surface area contributed by atoms with Gasteiger partial charge >= 0.3 is 0 Å². The molecule has 1 atom stereocenters. The molecule has 5 aromatic rings. The third-order valence-corrected chi connectivity index (χ3v) is 5.57. The molecule has 0 spiro atoms. The van der Waals surface area contributed by atoms with Gasteiger partial charge in [-0.05, 0) is 28.8 Å². The summed E-state index contributed by atoms with van der Waals surface area (Å²) in [5, 5.41) is 18.5. The molecule has 0 aliphatic carbocycles. The van der Waals surface area contributed by atoms with E-state index in [2.05, 4.69) is 30.9 Å². The van der Waals surface area contributed by atoms with Crippen LogP contribution in [0.25, 0.3) is 22.3 Å². The van der Waals surface area contributed by atoms with Crippen molar-refractivity contribution in [3.05, 3.63) is 102 Å².